The fourth-order valence-corrected chi connectivity index (χ4v) is 0.402. The number of hydrogen-bond donors (Lipinski definition) is 3. The summed E-state index contributed by atoms with van der Waals surface area (Å²) in [5.74, 6) is -1.96. The molecule has 0 aromatic heterocycles. The Hall–Kier alpha value is -1.10. The lowest BCUT2D eigenvalue weighted by Gasteiger charge is -2.01. The van der Waals surface area contributed by atoms with Crippen molar-refractivity contribution >= 4 is 11.9 Å². The smallest absolute Gasteiger partial charge is 0.320 e. The Morgan fingerprint density at radius 1 is 1.70 bits per heavy atom. The average Bonchev–Trinajstić information content (AvgIpc) is 1.98. The monoisotopic (exact) mass is 149 g/mol. The summed E-state index contributed by atoms with van der Waals surface area (Å²) in [6, 6.07) is -1.10. The molecule has 0 aliphatic carbocycles. The molecule has 0 heterocycles. The summed E-state index contributed by atoms with van der Waals surface area (Å²) in [6.45, 7) is 0. The van der Waals surface area contributed by atoms with Crippen LogP contribution in [-0.4, -0.2) is 23.0 Å². The van der Waals surface area contributed by atoms with Gasteiger partial charge in [-0.05, 0) is 6.42 Å². The van der Waals surface area contributed by atoms with Gasteiger partial charge in [-0.15, -0.1) is 0 Å². The van der Waals surface area contributed by atoms with Crippen molar-refractivity contribution in [2.24, 2.45) is 11.5 Å². The van der Waals surface area contributed by atoms with E-state index in [4.69, 9.17) is 13.7 Å². The van der Waals surface area contributed by atoms with Gasteiger partial charge in [-0.2, -0.15) is 0 Å². The van der Waals surface area contributed by atoms with Gasteiger partial charge in [-0.3, -0.25) is 9.59 Å². The highest BCUT2D eigenvalue weighted by atomic mass is 16.4. The third kappa shape index (κ3) is 3.85. The van der Waals surface area contributed by atoms with Crippen LogP contribution in [0.15, 0.2) is 0 Å². The molecule has 0 unspecified atom stereocenters. The van der Waals surface area contributed by atoms with E-state index < -0.39 is 17.9 Å². The maximum atomic E-state index is 10.6. The lowest BCUT2D eigenvalue weighted by atomic mass is 10.2. The molecule has 0 saturated heterocycles. The summed E-state index contributed by atoms with van der Waals surface area (Å²) in [5, 5.41) is 8.29. The predicted molar refractivity (Wildman–Crippen MR) is 34.0 cm³/mol. The van der Waals surface area contributed by atoms with Crippen LogP contribution in [-0.2, 0) is 9.59 Å². The number of nitrogens with two attached hydrogens (primary N) is 2. The molecule has 5 heteroatoms. The van der Waals surface area contributed by atoms with Crippen LogP contribution in [0.4, 0.5) is 0 Å². The molecule has 0 spiro atoms. The van der Waals surface area contributed by atoms with E-state index in [0.717, 1.165) is 0 Å². The third-order valence-corrected chi connectivity index (χ3v) is 0.986. The van der Waals surface area contributed by atoms with Crippen LogP contribution in [0.5, 0.6) is 0 Å². The van der Waals surface area contributed by atoms with Crippen LogP contribution in [0.3, 0.4) is 0 Å². The van der Waals surface area contributed by atoms with Crippen LogP contribution in [0.25, 0.3) is 0 Å². The molecule has 0 aliphatic rings. The molecule has 0 radical (unpaired) electrons. The van der Waals surface area contributed by atoms with Gasteiger partial charge >= 0.3 is 5.97 Å². The second-order valence-electron chi connectivity index (χ2n) is 1.88. The van der Waals surface area contributed by atoms with Crippen LogP contribution in [0, 0.1) is 0 Å². The van der Waals surface area contributed by atoms with E-state index in [1.54, 1.807) is 0 Å². The Morgan fingerprint density at radius 2 is 2.30 bits per heavy atom. The van der Waals surface area contributed by atoms with E-state index in [-0.39, 0.29) is 18.6 Å². The van der Waals surface area contributed by atoms with Gasteiger partial charge in [-0.1, -0.05) is 0 Å². The predicted octanol–water partition coefficient (Wildman–Crippen LogP) is -1.34. The molecule has 5 N–H and O–H groups in total. The zero-order valence-corrected chi connectivity index (χ0v) is 5.28. The van der Waals surface area contributed by atoms with Gasteiger partial charge in [0.25, 0.3) is 0 Å². The van der Waals surface area contributed by atoms with Crippen molar-refractivity contribution in [1.29, 1.82) is 0 Å². The van der Waals surface area contributed by atoms with Crippen molar-refractivity contribution in [3.8, 4) is 0 Å². The van der Waals surface area contributed by atoms with Gasteiger partial charge in [0.2, 0.25) is 5.91 Å². The highest BCUT2D eigenvalue weighted by Gasteiger charge is 2.11. The molecule has 5 nitrogen and oxygen atoms in total. The fourth-order valence-electron chi connectivity index (χ4n) is 0.402. The summed E-state index contributed by atoms with van der Waals surface area (Å²) in [7, 11) is 0. The second-order valence-corrected chi connectivity index (χ2v) is 1.88. The van der Waals surface area contributed by atoms with Crippen molar-refractivity contribution < 1.29 is 17.5 Å². The molecule has 58 valence electrons. The summed E-state index contributed by atoms with van der Waals surface area (Å²) >= 11 is 0. The van der Waals surface area contributed by atoms with E-state index >= 15 is 0 Å². The number of aliphatic carboxylic acids is 1. The first-order valence-corrected chi connectivity index (χ1v) is 2.74. The lowest BCUT2D eigenvalue weighted by molar-refractivity contribution is -0.138. The van der Waals surface area contributed by atoms with E-state index in [0.29, 0.717) is 0 Å². The first kappa shape index (κ1) is 5.67. The first-order chi connectivity index (χ1) is 5.45. The van der Waals surface area contributed by atoms with Crippen molar-refractivity contribution in [2.75, 3.05) is 0 Å². The van der Waals surface area contributed by atoms with E-state index in [2.05, 4.69) is 0 Å². The molecule has 0 saturated carbocycles. The number of amides is 1. The van der Waals surface area contributed by atoms with Gasteiger partial charge in [0.05, 0.1) is 0 Å². The molecule has 0 fully saturated rings. The number of hydrogen-bond acceptors (Lipinski definition) is 3. The van der Waals surface area contributed by atoms with Gasteiger partial charge in [0.15, 0.2) is 2.82 Å². The van der Waals surface area contributed by atoms with Gasteiger partial charge in [0, 0.05) is 6.42 Å². The number of carboxylic acids is 1. The average molecular weight is 149 g/mol. The fraction of sp³-hybridized carbons (Fsp3) is 0.600. The Bertz CT molecular complexity index is 186. The molecule has 0 bridgehead atoms. The highest BCUT2D eigenvalue weighted by Crippen LogP contribution is 1.92. The first-order valence-electron chi connectivity index (χ1n) is 3.63. The Morgan fingerprint density at radius 3 is 2.70 bits per heavy atom. The number of rotatable bonds is 4. The Labute approximate surface area is 60.9 Å². The molecule has 10 heavy (non-hydrogen) atoms. The summed E-state index contributed by atoms with van der Waals surface area (Å²) < 4.78 is 13.0. The maximum Gasteiger partial charge on any atom is 0.320 e. The minimum atomic E-state index is -1.19. The normalized spacial score (nSPS) is 14.9. The van der Waals surface area contributed by atoms with Crippen molar-refractivity contribution in [1.82, 2.24) is 0 Å². The standard InChI is InChI=1S/C5H10N2O3/c6-3(5(9)10)1-2-4(7)8/h3H,1-2,6H2,(H2,7,8)(H,9,10)/t3-/m0/s1/i7+1/hD2. The van der Waals surface area contributed by atoms with Gasteiger partial charge < -0.3 is 16.6 Å². The topological polar surface area (TPSA) is 106 Å². The highest BCUT2D eigenvalue weighted by molar-refractivity contribution is 5.76. The second kappa shape index (κ2) is 3.84. The lowest BCUT2D eigenvalue weighted by Crippen LogP contribution is -2.31. The van der Waals surface area contributed by atoms with Gasteiger partial charge in [-0.25, -0.2) is 0 Å². The van der Waals surface area contributed by atoms with Crippen molar-refractivity contribution in [3.05, 3.63) is 0 Å². The summed E-state index contributed by atoms with van der Waals surface area (Å²) in [5.41, 5.74) is 4.98. The van der Waals surface area contributed by atoms with Crippen LogP contribution < -0.4 is 11.5 Å². The Balaban J connectivity index is 3.69. The van der Waals surface area contributed by atoms with E-state index in [1.165, 1.54) is 0 Å². The molecule has 0 aromatic rings. The summed E-state index contributed by atoms with van der Waals surface area (Å²) in [4.78, 5) is 20.7. The number of carboxylic acid groups (broad SMARTS) is 1. The molecule has 0 rings (SSSR count). The minimum absolute atomic E-state index is 0.0531. The van der Waals surface area contributed by atoms with E-state index in [9.17, 15) is 9.59 Å². The van der Waals surface area contributed by atoms with Crippen LogP contribution in [0.2, 0.25) is 2.82 Å². The zero-order valence-electron chi connectivity index (χ0n) is 7.28. The number of carbonyl (C=O) groups is 2. The number of carbonyl (C=O) groups excluding carboxylic acids is 1. The Kier molecular flexibility index (Phi) is 2.17. The number of primary amides is 1. The van der Waals surface area contributed by atoms with Gasteiger partial charge in [0.1, 0.15) is 6.04 Å². The molecule has 0 aromatic carbocycles. The summed E-state index contributed by atoms with van der Waals surface area (Å²) in [6.07, 6.45) is -0.247. The quantitative estimate of drug-likeness (QED) is 0.430. The molecule has 1 amide bonds. The SMILES string of the molecule is [2H][15N]([2H])C(=O)CC[C@H](N)C(=O)O. The largest absolute Gasteiger partial charge is 0.480 e. The van der Waals surface area contributed by atoms with E-state index in [1.807, 2.05) is 0 Å². The van der Waals surface area contributed by atoms with Crippen LogP contribution in [0.1, 0.15) is 12.8 Å². The maximum absolute atomic E-state index is 10.6. The molecular formula is C5H10N2O3. The third-order valence-electron chi connectivity index (χ3n) is 0.986. The zero-order chi connectivity index (χ0) is 9.72. The molecule has 0 aliphatic heterocycles. The molecular weight excluding hydrogens is 137 g/mol. The minimum Gasteiger partial charge on any atom is -0.480 e. The molecule has 1 atom stereocenters. The van der Waals surface area contributed by atoms with Crippen molar-refractivity contribution in [3.63, 3.8) is 0 Å². The van der Waals surface area contributed by atoms with Crippen molar-refractivity contribution in [2.45, 2.75) is 18.9 Å². The van der Waals surface area contributed by atoms with Crippen LogP contribution >= 0.6 is 0 Å².